The maximum absolute atomic E-state index is 12.9. The molecule has 9 heteroatoms. The summed E-state index contributed by atoms with van der Waals surface area (Å²) in [5, 5.41) is 0.274. The number of sulfonamides is 1. The van der Waals surface area contributed by atoms with Gasteiger partial charge >= 0.3 is 0 Å². The van der Waals surface area contributed by atoms with E-state index in [4.69, 9.17) is 15.2 Å². The van der Waals surface area contributed by atoms with E-state index >= 15 is 0 Å². The average molecular weight is 411 g/mol. The molecule has 0 aliphatic heterocycles. The Balaban J connectivity index is 2.00. The lowest BCUT2D eigenvalue weighted by Crippen LogP contribution is -2.19. The lowest BCUT2D eigenvalue weighted by molar-refractivity contribution is 0.100. The van der Waals surface area contributed by atoms with Crippen molar-refractivity contribution in [2.45, 2.75) is 31.1 Å². The number of methoxy groups -OCH3 is 2. The minimum atomic E-state index is -3.92. The van der Waals surface area contributed by atoms with Gasteiger partial charge in [-0.1, -0.05) is 6.92 Å². The Labute approximate surface area is 162 Å². The topological polar surface area (TPSA) is 108 Å². The number of anilines is 1. The predicted octanol–water partition coefficient (Wildman–Crippen LogP) is 2.79. The van der Waals surface area contributed by atoms with Crippen molar-refractivity contribution < 1.29 is 22.7 Å². The summed E-state index contributed by atoms with van der Waals surface area (Å²) in [5.41, 5.74) is 6.71. The molecule has 27 heavy (non-hydrogen) atoms. The number of ether oxygens (including phenoxy) is 2. The Kier molecular flexibility index (Phi) is 5.34. The summed E-state index contributed by atoms with van der Waals surface area (Å²) >= 11 is 1.29. The molecule has 3 N–H and O–H groups in total. The predicted molar refractivity (Wildman–Crippen MR) is 104 cm³/mol. The number of carbonyl (C=O) groups excluding carboxylic acids is 1. The second kappa shape index (κ2) is 7.40. The molecular formula is C18H22N2O5S2. The van der Waals surface area contributed by atoms with Gasteiger partial charge in [0.25, 0.3) is 15.9 Å². The van der Waals surface area contributed by atoms with Gasteiger partial charge in [0.2, 0.25) is 0 Å². The number of hydrogen-bond acceptors (Lipinski definition) is 6. The molecule has 1 aliphatic rings. The van der Waals surface area contributed by atoms with Crippen molar-refractivity contribution in [1.29, 1.82) is 0 Å². The highest BCUT2D eigenvalue weighted by Crippen LogP contribution is 2.40. The van der Waals surface area contributed by atoms with Crippen molar-refractivity contribution in [1.82, 2.24) is 0 Å². The molecule has 146 valence electrons. The SMILES string of the molecule is COc1ccc(S(=O)(=O)Nc2sc3c(c2C(N)=O)CCC(C)C3)cc1OC. The van der Waals surface area contributed by atoms with E-state index in [1.165, 1.54) is 43.8 Å². The van der Waals surface area contributed by atoms with E-state index in [1.54, 1.807) is 0 Å². The first-order chi connectivity index (χ1) is 12.8. The first-order valence-electron chi connectivity index (χ1n) is 8.46. The van der Waals surface area contributed by atoms with E-state index in [1.807, 2.05) is 0 Å². The number of benzene rings is 1. The molecule has 1 aromatic heterocycles. The summed E-state index contributed by atoms with van der Waals surface area (Å²) in [6.45, 7) is 2.14. The lowest BCUT2D eigenvalue weighted by atomic mass is 9.88. The van der Waals surface area contributed by atoms with Gasteiger partial charge in [-0.15, -0.1) is 11.3 Å². The van der Waals surface area contributed by atoms with Gasteiger partial charge in [0.15, 0.2) is 11.5 Å². The number of nitrogens with two attached hydrogens (primary N) is 1. The van der Waals surface area contributed by atoms with Crippen molar-refractivity contribution in [3.63, 3.8) is 0 Å². The summed E-state index contributed by atoms with van der Waals surface area (Å²) in [6, 6.07) is 4.31. The van der Waals surface area contributed by atoms with Gasteiger partial charge < -0.3 is 15.2 Å². The van der Waals surface area contributed by atoms with Crippen LogP contribution in [0.5, 0.6) is 11.5 Å². The second-order valence-corrected chi connectivity index (χ2v) is 9.33. The first-order valence-corrected chi connectivity index (χ1v) is 10.8. The lowest BCUT2D eigenvalue weighted by Gasteiger charge is -2.18. The maximum atomic E-state index is 12.9. The minimum absolute atomic E-state index is 0.00955. The number of hydrogen-bond donors (Lipinski definition) is 2. The largest absolute Gasteiger partial charge is 0.493 e. The van der Waals surface area contributed by atoms with Crippen LogP contribution in [0.1, 0.15) is 34.1 Å². The normalized spacial score (nSPS) is 16.5. The van der Waals surface area contributed by atoms with Crippen LogP contribution in [0.3, 0.4) is 0 Å². The van der Waals surface area contributed by atoms with Crippen LogP contribution in [0.4, 0.5) is 5.00 Å². The molecule has 0 saturated carbocycles. The van der Waals surface area contributed by atoms with Gasteiger partial charge in [-0.2, -0.15) is 0 Å². The van der Waals surface area contributed by atoms with Crippen molar-refractivity contribution >= 4 is 32.3 Å². The summed E-state index contributed by atoms with van der Waals surface area (Å²) in [5.74, 6) is 0.601. The molecule has 0 bridgehead atoms. The first kappa shape index (κ1) is 19.5. The quantitative estimate of drug-likeness (QED) is 0.761. The zero-order valence-electron chi connectivity index (χ0n) is 15.4. The van der Waals surface area contributed by atoms with Crippen LogP contribution < -0.4 is 19.9 Å². The van der Waals surface area contributed by atoms with E-state index in [0.29, 0.717) is 17.4 Å². The summed E-state index contributed by atoms with van der Waals surface area (Å²) in [7, 11) is -1.02. The molecule has 3 rings (SSSR count). The van der Waals surface area contributed by atoms with E-state index in [9.17, 15) is 13.2 Å². The molecule has 1 atom stereocenters. The van der Waals surface area contributed by atoms with Crippen LogP contribution in [0.15, 0.2) is 23.1 Å². The zero-order valence-corrected chi connectivity index (χ0v) is 17.0. The number of amides is 1. The second-order valence-electron chi connectivity index (χ2n) is 6.54. The highest BCUT2D eigenvalue weighted by molar-refractivity contribution is 7.93. The monoisotopic (exact) mass is 410 g/mol. The summed E-state index contributed by atoms with van der Waals surface area (Å²) in [6.07, 6.45) is 2.49. The third-order valence-corrected chi connectivity index (χ3v) is 7.30. The van der Waals surface area contributed by atoms with Crippen LogP contribution in [0.2, 0.25) is 0 Å². The maximum Gasteiger partial charge on any atom is 0.262 e. The van der Waals surface area contributed by atoms with Gasteiger partial charge in [-0.05, 0) is 42.9 Å². The number of nitrogens with one attached hydrogen (secondary N) is 1. The smallest absolute Gasteiger partial charge is 0.262 e. The molecule has 0 saturated heterocycles. The van der Waals surface area contributed by atoms with Gasteiger partial charge in [0.05, 0.1) is 24.7 Å². The van der Waals surface area contributed by atoms with Crippen LogP contribution >= 0.6 is 11.3 Å². The van der Waals surface area contributed by atoms with Gasteiger partial charge in [0.1, 0.15) is 5.00 Å². The molecule has 1 aromatic carbocycles. The standard InChI is InChI=1S/C18H22N2O5S2/c1-10-4-6-12-15(8-10)26-18(16(12)17(19)21)20-27(22,23)11-5-7-13(24-2)14(9-11)25-3/h5,7,9-10,20H,4,6,8H2,1-3H3,(H2,19,21). The Morgan fingerprint density at radius 2 is 1.96 bits per heavy atom. The number of primary amides is 1. The van der Waals surface area contributed by atoms with Crippen LogP contribution in [0.25, 0.3) is 0 Å². The van der Waals surface area contributed by atoms with Gasteiger partial charge in [-0.25, -0.2) is 8.42 Å². The summed E-state index contributed by atoms with van der Waals surface area (Å²) < 4.78 is 38.6. The fourth-order valence-electron chi connectivity index (χ4n) is 3.25. The Morgan fingerprint density at radius 1 is 1.26 bits per heavy atom. The van der Waals surface area contributed by atoms with E-state index in [2.05, 4.69) is 11.6 Å². The van der Waals surface area contributed by atoms with E-state index in [-0.39, 0.29) is 15.5 Å². The van der Waals surface area contributed by atoms with Crippen molar-refractivity contribution in [3.8, 4) is 11.5 Å². The molecule has 0 spiro atoms. The van der Waals surface area contributed by atoms with E-state index in [0.717, 1.165) is 29.7 Å². The molecule has 1 amide bonds. The number of thiophene rings is 1. The zero-order chi connectivity index (χ0) is 19.8. The molecule has 2 aromatic rings. The van der Waals surface area contributed by atoms with Crippen LogP contribution in [-0.2, 0) is 22.9 Å². The van der Waals surface area contributed by atoms with E-state index < -0.39 is 15.9 Å². The van der Waals surface area contributed by atoms with Crippen LogP contribution in [-0.4, -0.2) is 28.5 Å². The van der Waals surface area contributed by atoms with Gasteiger partial charge in [0, 0.05) is 10.9 Å². The van der Waals surface area contributed by atoms with Crippen molar-refractivity contribution in [3.05, 3.63) is 34.2 Å². The third kappa shape index (κ3) is 3.74. The van der Waals surface area contributed by atoms with Crippen molar-refractivity contribution in [2.75, 3.05) is 18.9 Å². The average Bonchev–Trinajstić information content (AvgIpc) is 2.97. The molecule has 0 fully saturated rings. The minimum Gasteiger partial charge on any atom is -0.493 e. The molecule has 0 radical (unpaired) electrons. The Bertz CT molecular complexity index is 982. The van der Waals surface area contributed by atoms with Gasteiger partial charge in [-0.3, -0.25) is 9.52 Å². The summed E-state index contributed by atoms with van der Waals surface area (Å²) in [4.78, 5) is 13.0. The number of rotatable bonds is 6. The van der Waals surface area contributed by atoms with Crippen molar-refractivity contribution in [2.24, 2.45) is 11.7 Å². The Hall–Kier alpha value is -2.26. The molecule has 1 unspecified atom stereocenters. The number of carbonyl (C=O) groups is 1. The number of fused-ring (bicyclic) bond motifs is 1. The van der Waals surface area contributed by atoms with Crippen LogP contribution in [0, 0.1) is 5.92 Å². The third-order valence-electron chi connectivity index (χ3n) is 4.65. The molecule has 1 aliphatic carbocycles. The highest BCUT2D eigenvalue weighted by Gasteiger charge is 2.29. The fraction of sp³-hybridized carbons (Fsp3) is 0.389. The Morgan fingerprint density at radius 3 is 2.59 bits per heavy atom. The molecule has 1 heterocycles. The highest BCUT2D eigenvalue weighted by atomic mass is 32.2. The molecule has 7 nitrogen and oxygen atoms in total. The fourth-order valence-corrected chi connectivity index (χ4v) is 5.98. The molecular weight excluding hydrogens is 388 g/mol.